The van der Waals surface area contributed by atoms with Gasteiger partial charge in [0.2, 0.25) is 0 Å². The van der Waals surface area contributed by atoms with E-state index in [9.17, 15) is 0 Å². The zero-order valence-electron chi connectivity index (χ0n) is 7.88. The van der Waals surface area contributed by atoms with Crippen molar-refractivity contribution >= 4 is 0 Å². The van der Waals surface area contributed by atoms with Crippen LogP contribution in [0.4, 0.5) is 0 Å². The topological polar surface area (TPSA) is 30.7 Å². The Kier molecular flexibility index (Phi) is 3.70. The Morgan fingerprint density at radius 1 is 1.00 bits per heavy atom. The SMILES string of the molecule is Cc1ccccc1.Cn1cnnc1. The summed E-state index contributed by atoms with van der Waals surface area (Å²) in [4.78, 5) is 0. The first-order valence-electron chi connectivity index (χ1n) is 4.09. The quantitative estimate of drug-likeness (QED) is 0.611. The van der Waals surface area contributed by atoms with Crippen molar-refractivity contribution < 1.29 is 0 Å². The summed E-state index contributed by atoms with van der Waals surface area (Å²) < 4.78 is 1.78. The summed E-state index contributed by atoms with van der Waals surface area (Å²) in [7, 11) is 1.88. The Bertz CT molecular complexity index is 313. The first kappa shape index (κ1) is 9.45. The van der Waals surface area contributed by atoms with Crippen LogP contribution < -0.4 is 0 Å². The van der Waals surface area contributed by atoms with Gasteiger partial charge in [-0.1, -0.05) is 35.9 Å². The van der Waals surface area contributed by atoms with E-state index in [-0.39, 0.29) is 0 Å². The fourth-order valence-electron chi connectivity index (χ4n) is 0.787. The third-order valence-electron chi connectivity index (χ3n) is 1.47. The molecular weight excluding hydrogens is 162 g/mol. The molecule has 0 saturated carbocycles. The van der Waals surface area contributed by atoms with E-state index in [1.807, 2.05) is 25.2 Å². The number of rotatable bonds is 0. The minimum atomic E-state index is 1.32. The van der Waals surface area contributed by atoms with Crippen LogP contribution in [0.25, 0.3) is 0 Å². The highest BCUT2D eigenvalue weighted by atomic mass is 15.2. The molecule has 0 unspecified atom stereocenters. The first-order chi connectivity index (χ1) is 6.29. The predicted molar refractivity (Wildman–Crippen MR) is 52.2 cm³/mol. The van der Waals surface area contributed by atoms with Gasteiger partial charge in [-0.2, -0.15) is 0 Å². The molecular formula is C10H13N3. The maximum absolute atomic E-state index is 3.53. The second kappa shape index (κ2) is 5.09. The lowest BCUT2D eigenvalue weighted by molar-refractivity contribution is 0.910. The van der Waals surface area contributed by atoms with E-state index in [0.717, 1.165) is 0 Å². The normalized spacial score (nSPS) is 8.77. The first-order valence-corrected chi connectivity index (χ1v) is 4.09. The molecule has 0 aliphatic heterocycles. The van der Waals surface area contributed by atoms with Crippen LogP contribution in [0, 0.1) is 6.92 Å². The summed E-state index contributed by atoms with van der Waals surface area (Å²) in [5.41, 5.74) is 1.32. The van der Waals surface area contributed by atoms with Gasteiger partial charge in [-0.05, 0) is 6.92 Å². The van der Waals surface area contributed by atoms with Crippen molar-refractivity contribution in [2.45, 2.75) is 6.92 Å². The number of hydrogen-bond donors (Lipinski definition) is 0. The fraction of sp³-hybridized carbons (Fsp3) is 0.200. The summed E-state index contributed by atoms with van der Waals surface area (Å²) in [6, 6.07) is 10.3. The minimum Gasteiger partial charge on any atom is -0.323 e. The van der Waals surface area contributed by atoms with Crippen LogP contribution in [0.1, 0.15) is 5.56 Å². The van der Waals surface area contributed by atoms with Crippen LogP contribution in [0.2, 0.25) is 0 Å². The van der Waals surface area contributed by atoms with Crippen molar-refractivity contribution in [1.82, 2.24) is 14.8 Å². The van der Waals surface area contributed by atoms with Crippen LogP contribution in [0.5, 0.6) is 0 Å². The van der Waals surface area contributed by atoms with E-state index in [0.29, 0.717) is 0 Å². The second-order valence-corrected chi connectivity index (χ2v) is 2.78. The molecule has 3 heteroatoms. The molecule has 1 aromatic carbocycles. The highest BCUT2D eigenvalue weighted by Gasteiger charge is 1.72. The van der Waals surface area contributed by atoms with Crippen LogP contribution in [0.15, 0.2) is 43.0 Å². The molecule has 3 nitrogen and oxygen atoms in total. The lowest BCUT2D eigenvalue weighted by Crippen LogP contribution is -1.76. The van der Waals surface area contributed by atoms with E-state index in [2.05, 4.69) is 29.3 Å². The molecule has 0 N–H and O–H groups in total. The lowest BCUT2D eigenvalue weighted by Gasteiger charge is -1.82. The molecule has 0 radical (unpaired) electrons. The highest BCUT2D eigenvalue weighted by molar-refractivity contribution is 5.11. The standard InChI is InChI=1S/C7H8.C3H5N3/c1-7-5-3-2-4-6-7;1-6-2-4-5-3-6/h2-6H,1H3;2-3H,1H3. The third kappa shape index (κ3) is 4.06. The zero-order chi connectivity index (χ0) is 9.52. The third-order valence-corrected chi connectivity index (χ3v) is 1.47. The van der Waals surface area contributed by atoms with E-state index in [1.165, 1.54) is 5.56 Å². The molecule has 2 rings (SSSR count). The van der Waals surface area contributed by atoms with Crippen molar-refractivity contribution in [2.24, 2.45) is 7.05 Å². The average molecular weight is 175 g/mol. The number of nitrogens with zero attached hydrogens (tertiary/aromatic N) is 3. The van der Waals surface area contributed by atoms with Gasteiger partial charge >= 0.3 is 0 Å². The molecule has 2 aromatic rings. The van der Waals surface area contributed by atoms with Crippen molar-refractivity contribution in [3.05, 3.63) is 48.5 Å². The largest absolute Gasteiger partial charge is 0.323 e. The van der Waals surface area contributed by atoms with Gasteiger partial charge in [0.1, 0.15) is 12.7 Å². The Morgan fingerprint density at radius 3 is 1.77 bits per heavy atom. The second-order valence-electron chi connectivity index (χ2n) is 2.78. The van der Waals surface area contributed by atoms with E-state index >= 15 is 0 Å². The monoisotopic (exact) mass is 175 g/mol. The Balaban J connectivity index is 0.000000132. The molecule has 0 amide bonds. The van der Waals surface area contributed by atoms with Gasteiger partial charge < -0.3 is 4.57 Å². The Morgan fingerprint density at radius 2 is 1.54 bits per heavy atom. The van der Waals surface area contributed by atoms with Crippen LogP contribution in [0.3, 0.4) is 0 Å². The van der Waals surface area contributed by atoms with Crippen molar-refractivity contribution in [3.8, 4) is 0 Å². The molecule has 13 heavy (non-hydrogen) atoms. The molecule has 0 saturated heterocycles. The number of aryl methyl sites for hydroxylation is 2. The molecule has 68 valence electrons. The summed E-state index contributed by atoms with van der Waals surface area (Å²) >= 11 is 0. The average Bonchev–Trinajstić information content (AvgIpc) is 2.58. The number of benzene rings is 1. The molecule has 1 aromatic heterocycles. The molecule has 1 heterocycles. The van der Waals surface area contributed by atoms with E-state index in [4.69, 9.17) is 0 Å². The maximum Gasteiger partial charge on any atom is 0.119 e. The van der Waals surface area contributed by atoms with Gasteiger partial charge in [-0.15, -0.1) is 10.2 Å². The van der Waals surface area contributed by atoms with Gasteiger partial charge in [0.15, 0.2) is 0 Å². The summed E-state index contributed by atoms with van der Waals surface area (Å²) in [5, 5.41) is 7.07. The van der Waals surface area contributed by atoms with Gasteiger partial charge in [-0.3, -0.25) is 0 Å². The van der Waals surface area contributed by atoms with Crippen LogP contribution >= 0.6 is 0 Å². The van der Waals surface area contributed by atoms with Crippen molar-refractivity contribution in [2.75, 3.05) is 0 Å². The van der Waals surface area contributed by atoms with Crippen molar-refractivity contribution in [1.29, 1.82) is 0 Å². The molecule has 0 atom stereocenters. The molecule has 0 fully saturated rings. The fourth-order valence-corrected chi connectivity index (χ4v) is 0.787. The minimum absolute atomic E-state index is 1.32. The van der Waals surface area contributed by atoms with Crippen molar-refractivity contribution in [3.63, 3.8) is 0 Å². The Labute approximate surface area is 78.1 Å². The molecule has 0 bridgehead atoms. The van der Waals surface area contributed by atoms with Crippen LogP contribution in [-0.2, 0) is 7.05 Å². The smallest absolute Gasteiger partial charge is 0.119 e. The summed E-state index contributed by atoms with van der Waals surface area (Å²) in [6.07, 6.45) is 3.28. The zero-order valence-corrected chi connectivity index (χ0v) is 7.88. The van der Waals surface area contributed by atoms with Gasteiger partial charge in [0, 0.05) is 7.05 Å². The van der Waals surface area contributed by atoms with Gasteiger partial charge in [0.25, 0.3) is 0 Å². The number of aromatic nitrogens is 3. The van der Waals surface area contributed by atoms with E-state index in [1.54, 1.807) is 17.2 Å². The lowest BCUT2D eigenvalue weighted by atomic mass is 10.2. The summed E-state index contributed by atoms with van der Waals surface area (Å²) in [6.45, 7) is 2.08. The summed E-state index contributed by atoms with van der Waals surface area (Å²) in [5.74, 6) is 0. The van der Waals surface area contributed by atoms with E-state index < -0.39 is 0 Å². The van der Waals surface area contributed by atoms with Gasteiger partial charge in [-0.25, -0.2) is 0 Å². The van der Waals surface area contributed by atoms with Crippen LogP contribution in [-0.4, -0.2) is 14.8 Å². The highest BCUT2D eigenvalue weighted by Crippen LogP contribution is 1.92. The number of hydrogen-bond acceptors (Lipinski definition) is 2. The molecule has 0 aliphatic carbocycles. The Hall–Kier alpha value is -1.64. The van der Waals surface area contributed by atoms with Gasteiger partial charge in [0.05, 0.1) is 0 Å². The maximum atomic E-state index is 3.53. The molecule has 0 spiro atoms. The molecule has 0 aliphatic rings. The predicted octanol–water partition coefficient (Wildman–Crippen LogP) is 1.81.